The van der Waals surface area contributed by atoms with Gasteiger partial charge in [0.25, 0.3) is 5.84 Å². The van der Waals surface area contributed by atoms with E-state index in [-0.39, 0.29) is 16.5 Å². The minimum atomic E-state index is -0.360. The maximum Gasteiger partial charge on any atom is 0.389 e. The van der Waals surface area contributed by atoms with Crippen molar-refractivity contribution in [3.8, 4) is 0 Å². The average Bonchev–Trinajstić information content (AvgIpc) is 2.97. The Labute approximate surface area is 137 Å². The van der Waals surface area contributed by atoms with Crippen LogP contribution in [0, 0.1) is 4.91 Å². The first-order chi connectivity index (χ1) is 11.2. The molecule has 2 unspecified atom stereocenters. The molecule has 0 saturated heterocycles. The second-order valence-electron chi connectivity index (χ2n) is 6.53. The van der Waals surface area contributed by atoms with Crippen molar-refractivity contribution in [1.82, 2.24) is 10.6 Å². The molecule has 3 heterocycles. The zero-order chi connectivity index (χ0) is 16.4. The van der Waals surface area contributed by atoms with Crippen molar-refractivity contribution >= 4 is 11.7 Å². The van der Waals surface area contributed by atoms with E-state index in [2.05, 4.69) is 17.6 Å². The third-order valence-corrected chi connectivity index (χ3v) is 4.90. The van der Waals surface area contributed by atoms with Gasteiger partial charge < -0.3 is 0 Å². The number of nitrogens with zero attached hydrogens (tertiary/aromatic N) is 3. The number of carbonyl (C=O) groups excluding carboxylic acids is 1. The summed E-state index contributed by atoms with van der Waals surface area (Å²) in [6, 6.07) is -0.360. The van der Waals surface area contributed by atoms with Gasteiger partial charge in [-0.15, -0.1) is 0 Å². The number of fused-ring (bicyclic) bond motifs is 2. The maximum atomic E-state index is 13.1. The van der Waals surface area contributed by atoms with E-state index in [1.807, 2.05) is 6.92 Å². The lowest BCUT2D eigenvalue weighted by atomic mass is 10.1. The number of nitroso groups, excluding NO2 is 1. The topological polar surface area (TPSA) is 73.6 Å². The van der Waals surface area contributed by atoms with Crippen LogP contribution in [0.3, 0.4) is 0 Å². The summed E-state index contributed by atoms with van der Waals surface area (Å²) in [5.74, 6) is 1.14. The molecule has 7 heteroatoms. The standard InChI is InChI=1S/C16H27N5O2/c1-3-5-6-7-8-13-16(22)21(9-4-2)15(19-13)12-10-17-11-18-14(12)20(21)23/h13,17-18H,3-11H2,1-2H3/q+2. The molecule has 3 rings (SSSR count). The molecular weight excluding hydrogens is 294 g/mol. The summed E-state index contributed by atoms with van der Waals surface area (Å²) in [4.78, 5) is 31.5. The molecule has 23 heavy (non-hydrogen) atoms. The minimum Gasteiger partial charge on any atom is -0.277 e. The Morgan fingerprint density at radius 1 is 1.26 bits per heavy atom. The van der Waals surface area contributed by atoms with Crippen molar-refractivity contribution in [2.45, 2.75) is 58.4 Å². The van der Waals surface area contributed by atoms with Crippen LogP contribution < -0.4 is 10.6 Å². The summed E-state index contributed by atoms with van der Waals surface area (Å²) in [6.07, 6.45) is 5.99. The number of unbranched alkanes of at least 4 members (excludes halogenated alkanes) is 3. The number of amides is 1. The van der Waals surface area contributed by atoms with Crippen molar-refractivity contribution in [2.75, 3.05) is 19.8 Å². The van der Waals surface area contributed by atoms with Gasteiger partial charge in [0.1, 0.15) is 13.2 Å². The molecule has 3 aliphatic rings. The van der Waals surface area contributed by atoms with E-state index in [4.69, 9.17) is 4.99 Å². The van der Waals surface area contributed by atoms with Crippen LogP contribution in [0.5, 0.6) is 0 Å². The molecule has 0 bridgehead atoms. The highest BCUT2D eigenvalue weighted by Crippen LogP contribution is 2.36. The lowest BCUT2D eigenvalue weighted by Gasteiger charge is -2.19. The number of carbonyl (C=O) groups is 1. The summed E-state index contributed by atoms with van der Waals surface area (Å²) in [6.45, 7) is 5.81. The minimum absolute atomic E-state index is 0.0513. The first-order valence-electron chi connectivity index (χ1n) is 8.83. The third kappa shape index (κ3) is 2.42. The lowest BCUT2D eigenvalue weighted by molar-refractivity contribution is -1.22. The molecule has 0 radical (unpaired) electrons. The Kier molecular flexibility index (Phi) is 4.59. The van der Waals surface area contributed by atoms with Gasteiger partial charge in [-0.25, -0.2) is 9.79 Å². The van der Waals surface area contributed by atoms with E-state index in [1.54, 1.807) is 0 Å². The summed E-state index contributed by atoms with van der Waals surface area (Å²) in [5.41, 5.74) is 0.865. The van der Waals surface area contributed by atoms with E-state index in [9.17, 15) is 9.70 Å². The Bertz CT molecular complexity index is 583. The fraction of sp³-hybridized carbons (Fsp3) is 0.750. The molecule has 2 N–H and O–H groups in total. The third-order valence-electron chi connectivity index (χ3n) is 4.90. The molecular formula is C16H27N5O2+2. The Morgan fingerprint density at radius 3 is 2.83 bits per heavy atom. The summed E-state index contributed by atoms with van der Waals surface area (Å²) in [5, 5.41) is 6.27. The van der Waals surface area contributed by atoms with Crippen molar-refractivity contribution in [2.24, 2.45) is 4.99 Å². The molecule has 0 saturated carbocycles. The summed E-state index contributed by atoms with van der Waals surface area (Å²) >= 11 is 0. The van der Waals surface area contributed by atoms with Gasteiger partial charge in [0, 0.05) is 6.54 Å². The van der Waals surface area contributed by atoms with Gasteiger partial charge in [0.05, 0.1) is 0 Å². The van der Waals surface area contributed by atoms with Crippen molar-refractivity contribution in [3.05, 3.63) is 16.3 Å². The fourth-order valence-corrected chi connectivity index (χ4v) is 3.77. The van der Waals surface area contributed by atoms with Crippen LogP contribution in [-0.4, -0.2) is 47.0 Å². The van der Waals surface area contributed by atoms with Crippen LogP contribution in [-0.2, 0) is 4.79 Å². The number of quaternary nitrogens is 1. The molecule has 0 aliphatic carbocycles. The second-order valence-corrected chi connectivity index (χ2v) is 6.53. The number of rotatable bonds is 7. The SMILES string of the molecule is CCCCCCC1N=C2C3=C(NCNC3)[N+](=O)[N+]2(CCC)C1=O. The van der Waals surface area contributed by atoms with E-state index in [1.165, 1.54) is 12.8 Å². The fourth-order valence-electron chi connectivity index (χ4n) is 3.77. The van der Waals surface area contributed by atoms with Gasteiger partial charge >= 0.3 is 11.7 Å². The quantitative estimate of drug-likeness (QED) is 0.424. The Balaban J connectivity index is 1.87. The highest BCUT2D eigenvalue weighted by molar-refractivity contribution is 6.05. The first kappa shape index (κ1) is 16.3. The zero-order valence-electron chi connectivity index (χ0n) is 14.1. The van der Waals surface area contributed by atoms with Crippen molar-refractivity contribution in [1.29, 1.82) is 0 Å². The van der Waals surface area contributed by atoms with Crippen LogP contribution in [0.25, 0.3) is 0 Å². The van der Waals surface area contributed by atoms with Crippen LogP contribution in [0.4, 0.5) is 0 Å². The maximum absolute atomic E-state index is 13.1. The summed E-state index contributed by atoms with van der Waals surface area (Å²) < 4.78 is -0.256. The average molecular weight is 321 g/mol. The molecule has 0 aromatic rings. The van der Waals surface area contributed by atoms with Crippen LogP contribution in [0.1, 0.15) is 52.4 Å². The highest BCUT2D eigenvalue weighted by atomic mass is 16.4. The van der Waals surface area contributed by atoms with Gasteiger partial charge in [-0.1, -0.05) is 39.5 Å². The molecule has 2 atom stereocenters. The van der Waals surface area contributed by atoms with E-state index >= 15 is 0 Å². The monoisotopic (exact) mass is 321 g/mol. The lowest BCUT2D eigenvalue weighted by Crippen LogP contribution is -2.58. The Morgan fingerprint density at radius 2 is 2.09 bits per heavy atom. The van der Waals surface area contributed by atoms with Crippen LogP contribution in [0.15, 0.2) is 16.4 Å². The Hall–Kier alpha value is -1.60. The van der Waals surface area contributed by atoms with E-state index < -0.39 is 0 Å². The molecule has 3 aliphatic heterocycles. The van der Waals surface area contributed by atoms with Gasteiger partial charge in [-0.2, -0.15) is 0 Å². The number of hydrogen-bond acceptors (Lipinski definition) is 5. The largest absolute Gasteiger partial charge is 0.389 e. The van der Waals surface area contributed by atoms with E-state index in [0.29, 0.717) is 31.4 Å². The van der Waals surface area contributed by atoms with Crippen LogP contribution >= 0.6 is 0 Å². The molecule has 126 valence electrons. The molecule has 0 aromatic carbocycles. The van der Waals surface area contributed by atoms with Crippen molar-refractivity contribution < 1.29 is 14.3 Å². The highest BCUT2D eigenvalue weighted by Gasteiger charge is 2.68. The number of nitrogens with one attached hydrogen (secondary N) is 2. The van der Waals surface area contributed by atoms with Gasteiger partial charge in [0.2, 0.25) is 0 Å². The van der Waals surface area contributed by atoms with Gasteiger partial charge in [0.15, 0.2) is 16.5 Å². The number of amidine groups is 1. The predicted molar refractivity (Wildman–Crippen MR) is 87.1 cm³/mol. The predicted octanol–water partition coefficient (Wildman–Crippen LogP) is 1.56. The van der Waals surface area contributed by atoms with Gasteiger partial charge in [-0.3, -0.25) is 10.6 Å². The van der Waals surface area contributed by atoms with Crippen LogP contribution in [0.2, 0.25) is 0 Å². The van der Waals surface area contributed by atoms with Crippen molar-refractivity contribution in [3.63, 3.8) is 0 Å². The molecule has 7 nitrogen and oxygen atoms in total. The summed E-state index contributed by atoms with van der Waals surface area (Å²) in [7, 11) is 0. The molecule has 1 amide bonds. The molecule has 0 fully saturated rings. The van der Waals surface area contributed by atoms with Gasteiger partial charge in [-0.05, 0) is 22.3 Å². The second kappa shape index (κ2) is 6.49. The normalized spacial score (nSPS) is 29.5. The van der Waals surface area contributed by atoms with E-state index in [0.717, 1.165) is 36.1 Å². The number of hydrogen-bond donors (Lipinski definition) is 2. The zero-order valence-corrected chi connectivity index (χ0v) is 14.1. The smallest absolute Gasteiger partial charge is 0.277 e. The first-order valence-corrected chi connectivity index (χ1v) is 8.83. The molecule has 0 aromatic heterocycles. The molecule has 0 spiro atoms. The number of aliphatic imine (C=N–C) groups is 1.